The first kappa shape index (κ1) is 22.3. The van der Waals surface area contributed by atoms with E-state index < -0.39 is 0 Å². The van der Waals surface area contributed by atoms with Gasteiger partial charge < -0.3 is 10.6 Å². The molecule has 2 aromatic rings. The number of benzene rings is 1. The summed E-state index contributed by atoms with van der Waals surface area (Å²) < 4.78 is 14.6. The van der Waals surface area contributed by atoms with Crippen molar-refractivity contribution in [3.05, 3.63) is 49.6 Å². The van der Waals surface area contributed by atoms with E-state index in [0.717, 1.165) is 27.7 Å². The van der Waals surface area contributed by atoms with Gasteiger partial charge in [-0.1, -0.05) is 15.9 Å². The summed E-state index contributed by atoms with van der Waals surface area (Å²) in [6.45, 7) is 8.01. The van der Waals surface area contributed by atoms with Crippen molar-refractivity contribution in [2.24, 2.45) is 4.99 Å². The van der Waals surface area contributed by atoms with Crippen LogP contribution >= 0.6 is 51.2 Å². The lowest BCUT2D eigenvalue weighted by atomic mass is 10.1. The smallest absolute Gasteiger partial charge is 0.191 e. The summed E-state index contributed by atoms with van der Waals surface area (Å²) in [6, 6.07) is 4.99. The molecule has 0 atom stereocenters. The monoisotopic (exact) mass is 540 g/mol. The van der Waals surface area contributed by atoms with Crippen LogP contribution in [-0.2, 0) is 13.0 Å². The topological polar surface area (TPSA) is 49.3 Å². The number of hydrogen-bond donors (Lipinski definition) is 2. The quantitative estimate of drug-likeness (QED) is 0.320. The molecule has 0 saturated carbocycles. The van der Waals surface area contributed by atoms with E-state index in [4.69, 9.17) is 0 Å². The van der Waals surface area contributed by atoms with E-state index >= 15 is 0 Å². The Kier molecular flexibility index (Phi) is 9.88. The van der Waals surface area contributed by atoms with E-state index in [1.807, 2.05) is 19.9 Å². The van der Waals surface area contributed by atoms with Gasteiger partial charge in [-0.3, -0.25) is 0 Å². The van der Waals surface area contributed by atoms with Crippen LogP contribution in [0.15, 0.2) is 27.7 Å². The molecule has 138 valence electrons. The summed E-state index contributed by atoms with van der Waals surface area (Å²) in [7, 11) is 0. The first-order valence-electron chi connectivity index (χ1n) is 7.88. The Hall–Kier alpha value is -0.740. The third-order valence-corrected chi connectivity index (χ3v) is 5.03. The molecule has 0 fully saturated rings. The molecular weight excluding hydrogens is 518 g/mol. The molecule has 4 nitrogen and oxygen atoms in total. The minimum atomic E-state index is -0.185. The predicted molar refractivity (Wildman–Crippen MR) is 118 cm³/mol. The molecule has 0 aliphatic heterocycles. The lowest BCUT2D eigenvalue weighted by Gasteiger charge is -2.11. The number of aryl methyl sites for hydroxylation is 2. The van der Waals surface area contributed by atoms with Gasteiger partial charge in [-0.25, -0.2) is 14.4 Å². The Labute approximate surface area is 177 Å². The van der Waals surface area contributed by atoms with Crippen molar-refractivity contribution in [3.8, 4) is 0 Å². The van der Waals surface area contributed by atoms with Gasteiger partial charge in [0.15, 0.2) is 5.96 Å². The number of nitrogens with zero attached hydrogens (tertiary/aromatic N) is 2. The Morgan fingerprint density at radius 2 is 2.08 bits per heavy atom. The van der Waals surface area contributed by atoms with Crippen LogP contribution in [0.1, 0.15) is 28.1 Å². The number of nitrogens with one attached hydrogen (secondary N) is 2. The Morgan fingerprint density at radius 3 is 2.72 bits per heavy atom. The van der Waals surface area contributed by atoms with Crippen molar-refractivity contribution in [1.82, 2.24) is 15.6 Å². The van der Waals surface area contributed by atoms with Gasteiger partial charge in [0.1, 0.15) is 10.8 Å². The minimum Gasteiger partial charge on any atom is -0.357 e. The normalized spacial score (nSPS) is 11.2. The Bertz CT molecular complexity index is 701. The number of halogens is 3. The van der Waals surface area contributed by atoms with Gasteiger partial charge in [-0.15, -0.1) is 35.3 Å². The van der Waals surface area contributed by atoms with Crippen LogP contribution in [-0.4, -0.2) is 24.0 Å². The first-order valence-corrected chi connectivity index (χ1v) is 9.49. The SMILES string of the molecule is CCNC(=NCc1nc(C)c(C)s1)NCCc1cc(Br)ccc1F.I. The van der Waals surface area contributed by atoms with Crippen molar-refractivity contribution in [2.75, 3.05) is 13.1 Å². The molecule has 0 unspecified atom stereocenters. The van der Waals surface area contributed by atoms with Crippen molar-refractivity contribution >= 4 is 57.2 Å². The van der Waals surface area contributed by atoms with E-state index in [9.17, 15) is 4.39 Å². The fraction of sp³-hybridized carbons (Fsp3) is 0.412. The second-order valence-corrected chi connectivity index (χ2v) is 7.56. The highest BCUT2D eigenvalue weighted by Gasteiger charge is 2.05. The van der Waals surface area contributed by atoms with E-state index in [2.05, 4.69) is 43.5 Å². The van der Waals surface area contributed by atoms with Crippen LogP contribution in [0.3, 0.4) is 0 Å². The number of guanidine groups is 1. The molecule has 2 rings (SSSR count). The van der Waals surface area contributed by atoms with Gasteiger partial charge in [-0.05, 0) is 51.0 Å². The summed E-state index contributed by atoms with van der Waals surface area (Å²) >= 11 is 5.04. The summed E-state index contributed by atoms with van der Waals surface area (Å²) in [5.41, 5.74) is 1.74. The summed E-state index contributed by atoms with van der Waals surface area (Å²) in [5.74, 6) is 0.536. The number of aromatic nitrogens is 1. The van der Waals surface area contributed by atoms with Gasteiger partial charge in [0.2, 0.25) is 0 Å². The van der Waals surface area contributed by atoms with Gasteiger partial charge in [0.05, 0.1) is 12.2 Å². The highest BCUT2D eigenvalue weighted by Crippen LogP contribution is 2.17. The van der Waals surface area contributed by atoms with Crippen molar-refractivity contribution in [3.63, 3.8) is 0 Å². The van der Waals surface area contributed by atoms with Crippen LogP contribution in [0.5, 0.6) is 0 Å². The molecule has 1 heterocycles. The fourth-order valence-electron chi connectivity index (χ4n) is 2.15. The number of thiazole rings is 1. The molecule has 0 aliphatic carbocycles. The van der Waals surface area contributed by atoms with E-state index in [0.29, 0.717) is 25.1 Å². The minimum absolute atomic E-state index is 0. The van der Waals surface area contributed by atoms with Crippen molar-refractivity contribution < 1.29 is 4.39 Å². The summed E-state index contributed by atoms with van der Waals surface area (Å²) in [4.78, 5) is 10.3. The molecule has 1 aromatic carbocycles. The van der Waals surface area contributed by atoms with E-state index in [-0.39, 0.29) is 29.8 Å². The molecule has 25 heavy (non-hydrogen) atoms. The van der Waals surface area contributed by atoms with Crippen LogP contribution in [0.2, 0.25) is 0 Å². The zero-order chi connectivity index (χ0) is 17.5. The maximum Gasteiger partial charge on any atom is 0.191 e. The second kappa shape index (κ2) is 11.1. The molecule has 0 aliphatic rings. The highest BCUT2D eigenvalue weighted by atomic mass is 127. The number of hydrogen-bond acceptors (Lipinski definition) is 3. The highest BCUT2D eigenvalue weighted by molar-refractivity contribution is 14.0. The summed E-state index contributed by atoms with van der Waals surface area (Å²) in [5, 5.41) is 7.44. The lowest BCUT2D eigenvalue weighted by Crippen LogP contribution is -2.38. The number of aliphatic imine (C=N–C) groups is 1. The third kappa shape index (κ3) is 7.18. The average molecular weight is 541 g/mol. The lowest BCUT2D eigenvalue weighted by molar-refractivity contribution is 0.606. The van der Waals surface area contributed by atoms with Crippen molar-refractivity contribution in [1.29, 1.82) is 0 Å². The molecule has 0 bridgehead atoms. The largest absolute Gasteiger partial charge is 0.357 e. The maximum atomic E-state index is 13.8. The van der Waals surface area contributed by atoms with Crippen LogP contribution in [0.4, 0.5) is 4.39 Å². The molecule has 1 aromatic heterocycles. The fourth-order valence-corrected chi connectivity index (χ4v) is 3.41. The van der Waals surface area contributed by atoms with Gasteiger partial charge in [0, 0.05) is 22.4 Å². The summed E-state index contributed by atoms with van der Waals surface area (Å²) in [6.07, 6.45) is 0.588. The zero-order valence-electron chi connectivity index (χ0n) is 14.5. The second-order valence-electron chi connectivity index (χ2n) is 5.36. The molecule has 8 heteroatoms. The predicted octanol–water partition coefficient (Wildman–Crippen LogP) is 4.58. The molecule has 0 saturated heterocycles. The Balaban J connectivity index is 0.00000312. The molecule has 0 amide bonds. The zero-order valence-corrected chi connectivity index (χ0v) is 19.3. The van der Waals surface area contributed by atoms with Crippen LogP contribution < -0.4 is 10.6 Å². The van der Waals surface area contributed by atoms with Gasteiger partial charge in [-0.2, -0.15) is 0 Å². The van der Waals surface area contributed by atoms with Gasteiger partial charge >= 0.3 is 0 Å². The number of rotatable bonds is 6. The molecule has 0 spiro atoms. The molecule has 2 N–H and O–H groups in total. The third-order valence-electron chi connectivity index (χ3n) is 3.48. The van der Waals surface area contributed by atoms with Gasteiger partial charge in [0.25, 0.3) is 0 Å². The van der Waals surface area contributed by atoms with Crippen LogP contribution in [0, 0.1) is 19.7 Å². The van der Waals surface area contributed by atoms with E-state index in [1.54, 1.807) is 17.4 Å². The molecular formula is C17H23BrFIN4S. The van der Waals surface area contributed by atoms with E-state index in [1.165, 1.54) is 10.9 Å². The average Bonchev–Trinajstić information content (AvgIpc) is 2.86. The molecule has 0 radical (unpaired) electrons. The first-order chi connectivity index (χ1) is 11.5. The standard InChI is InChI=1S/C17H22BrFN4S.HI/c1-4-20-17(22-10-16-23-11(2)12(3)24-16)21-8-7-13-9-14(18)5-6-15(13)19;/h5-6,9H,4,7-8,10H2,1-3H3,(H2,20,21,22);1H. The Morgan fingerprint density at radius 1 is 1.32 bits per heavy atom. The van der Waals surface area contributed by atoms with Crippen molar-refractivity contribution in [2.45, 2.75) is 33.7 Å². The van der Waals surface area contributed by atoms with Crippen LogP contribution in [0.25, 0.3) is 0 Å². The maximum absolute atomic E-state index is 13.8.